The number of rotatable bonds is 4. The first kappa shape index (κ1) is 11.8. The summed E-state index contributed by atoms with van der Waals surface area (Å²) in [5, 5.41) is 8.82. The molecule has 1 aliphatic carbocycles. The Bertz CT molecular complexity index is 663. The van der Waals surface area contributed by atoms with Crippen LogP contribution in [0, 0.1) is 0 Å². The highest BCUT2D eigenvalue weighted by Gasteiger charge is 2.25. The normalized spacial score (nSPS) is 14.5. The molecule has 0 unspecified atom stereocenters. The number of aromatic carboxylic acids is 1. The quantitative estimate of drug-likeness (QED) is 0.908. The molecule has 98 valence electrons. The lowest BCUT2D eigenvalue weighted by atomic mass is 10.1. The van der Waals surface area contributed by atoms with Crippen molar-refractivity contribution in [3.8, 4) is 0 Å². The third-order valence-electron chi connectivity index (χ3n) is 3.37. The summed E-state index contributed by atoms with van der Waals surface area (Å²) in [6.07, 6.45) is 5.77. The second-order valence-corrected chi connectivity index (χ2v) is 4.85. The van der Waals surface area contributed by atoms with Crippen molar-refractivity contribution >= 4 is 5.97 Å². The summed E-state index contributed by atoms with van der Waals surface area (Å²) in [6.45, 7) is 0.471. The van der Waals surface area contributed by atoms with Gasteiger partial charge in [-0.3, -0.25) is 9.13 Å². The van der Waals surface area contributed by atoms with E-state index in [0.29, 0.717) is 12.6 Å². The van der Waals surface area contributed by atoms with Gasteiger partial charge in [0.05, 0.1) is 12.1 Å². The molecule has 5 heteroatoms. The zero-order chi connectivity index (χ0) is 13.4. The zero-order valence-corrected chi connectivity index (χ0v) is 10.3. The van der Waals surface area contributed by atoms with Gasteiger partial charge in [-0.15, -0.1) is 0 Å². The van der Waals surface area contributed by atoms with E-state index in [9.17, 15) is 9.59 Å². The lowest BCUT2D eigenvalue weighted by Gasteiger charge is -2.03. The Morgan fingerprint density at radius 2 is 1.89 bits per heavy atom. The number of benzene rings is 1. The minimum atomic E-state index is -0.941. The van der Waals surface area contributed by atoms with Crippen LogP contribution in [0.2, 0.25) is 0 Å². The fourth-order valence-electron chi connectivity index (χ4n) is 2.13. The molecule has 2 aromatic rings. The van der Waals surface area contributed by atoms with Crippen molar-refractivity contribution in [3.63, 3.8) is 0 Å². The van der Waals surface area contributed by atoms with Crippen molar-refractivity contribution in [1.29, 1.82) is 0 Å². The minimum absolute atomic E-state index is 0.00445. The SMILES string of the molecule is O=C(O)c1ccc(Cn2ccn(C3CC3)c2=O)cc1. The van der Waals surface area contributed by atoms with E-state index in [1.807, 2.05) is 6.20 Å². The number of imidazole rings is 1. The van der Waals surface area contributed by atoms with Crippen molar-refractivity contribution < 1.29 is 9.90 Å². The first-order valence-corrected chi connectivity index (χ1v) is 6.24. The number of nitrogens with zero attached hydrogens (tertiary/aromatic N) is 2. The minimum Gasteiger partial charge on any atom is -0.478 e. The van der Waals surface area contributed by atoms with Crippen molar-refractivity contribution in [2.24, 2.45) is 0 Å². The molecular weight excluding hydrogens is 244 g/mol. The molecule has 0 atom stereocenters. The van der Waals surface area contributed by atoms with Gasteiger partial charge < -0.3 is 5.11 Å². The summed E-state index contributed by atoms with van der Waals surface area (Å²) in [6, 6.07) is 6.97. The maximum absolute atomic E-state index is 12.1. The number of carboxylic acid groups (broad SMARTS) is 1. The molecule has 0 amide bonds. The first-order chi connectivity index (χ1) is 9.15. The molecule has 5 nitrogen and oxygen atoms in total. The van der Waals surface area contributed by atoms with Crippen LogP contribution in [-0.4, -0.2) is 20.2 Å². The van der Waals surface area contributed by atoms with Gasteiger partial charge in [0.2, 0.25) is 0 Å². The molecule has 1 fully saturated rings. The molecule has 0 bridgehead atoms. The van der Waals surface area contributed by atoms with E-state index < -0.39 is 5.97 Å². The predicted octanol–water partition coefficient (Wildman–Crippen LogP) is 1.73. The third-order valence-corrected chi connectivity index (χ3v) is 3.37. The average molecular weight is 258 g/mol. The molecular formula is C14H14N2O3. The van der Waals surface area contributed by atoms with Gasteiger partial charge in [0, 0.05) is 18.4 Å². The van der Waals surface area contributed by atoms with Crippen LogP contribution >= 0.6 is 0 Å². The largest absolute Gasteiger partial charge is 0.478 e. The fraction of sp³-hybridized carbons (Fsp3) is 0.286. The van der Waals surface area contributed by atoms with Gasteiger partial charge >= 0.3 is 11.7 Å². The molecule has 1 heterocycles. The smallest absolute Gasteiger partial charge is 0.335 e. The van der Waals surface area contributed by atoms with E-state index in [4.69, 9.17) is 5.11 Å². The highest BCUT2D eigenvalue weighted by Crippen LogP contribution is 2.33. The topological polar surface area (TPSA) is 64.2 Å². The van der Waals surface area contributed by atoms with Gasteiger partial charge in [-0.05, 0) is 30.5 Å². The van der Waals surface area contributed by atoms with Crippen molar-refractivity contribution in [3.05, 3.63) is 58.3 Å². The van der Waals surface area contributed by atoms with Crippen molar-refractivity contribution in [2.45, 2.75) is 25.4 Å². The van der Waals surface area contributed by atoms with Crippen LogP contribution in [0.4, 0.5) is 0 Å². The number of carboxylic acids is 1. The molecule has 1 aromatic heterocycles. The van der Waals surface area contributed by atoms with Gasteiger partial charge in [-0.2, -0.15) is 0 Å². The van der Waals surface area contributed by atoms with Gasteiger partial charge in [-0.1, -0.05) is 12.1 Å². The lowest BCUT2D eigenvalue weighted by molar-refractivity contribution is 0.0697. The predicted molar refractivity (Wildman–Crippen MR) is 69.5 cm³/mol. The van der Waals surface area contributed by atoms with E-state index in [-0.39, 0.29) is 11.3 Å². The number of hydrogen-bond donors (Lipinski definition) is 1. The van der Waals surface area contributed by atoms with E-state index in [0.717, 1.165) is 18.4 Å². The maximum Gasteiger partial charge on any atom is 0.335 e. The highest BCUT2D eigenvalue weighted by molar-refractivity contribution is 5.87. The Kier molecular flexibility index (Phi) is 2.74. The Balaban J connectivity index is 1.81. The summed E-state index contributed by atoms with van der Waals surface area (Å²) < 4.78 is 3.42. The second kappa shape index (κ2) is 4.42. The zero-order valence-electron chi connectivity index (χ0n) is 10.3. The Morgan fingerprint density at radius 1 is 1.21 bits per heavy atom. The van der Waals surface area contributed by atoms with Gasteiger partial charge in [-0.25, -0.2) is 9.59 Å². The molecule has 0 aliphatic heterocycles. The standard InChI is InChI=1S/C14H14N2O3/c17-13(18)11-3-1-10(2-4-11)9-15-7-8-16(14(15)19)12-5-6-12/h1-4,7-8,12H,5-6,9H2,(H,17,18). The Labute approximate surface area is 109 Å². The van der Waals surface area contributed by atoms with E-state index in [1.54, 1.807) is 39.6 Å². The van der Waals surface area contributed by atoms with Crippen molar-refractivity contribution in [1.82, 2.24) is 9.13 Å². The molecule has 0 radical (unpaired) electrons. The van der Waals surface area contributed by atoms with Crippen LogP contribution < -0.4 is 5.69 Å². The summed E-state index contributed by atoms with van der Waals surface area (Å²) in [7, 11) is 0. The second-order valence-electron chi connectivity index (χ2n) is 4.85. The molecule has 1 aromatic carbocycles. The lowest BCUT2D eigenvalue weighted by Crippen LogP contribution is -2.23. The highest BCUT2D eigenvalue weighted by atomic mass is 16.4. The fourth-order valence-corrected chi connectivity index (χ4v) is 2.13. The summed E-state index contributed by atoms with van der Waals surface area (Å²) >= 11 is 0. The molecule has 0 spiro atoms. The summed E-state index contributed by atoms with van der Waals surface area (Å²) in [5.74, 6) is -0.941. The number of carbonyl (C=O) groups is 1. The van der Waals surface area contributed by atoms with Crippen molar-refractivity contribution in [2.75, 3.05) is 0 Å². The van der Waals surface area contributed by atoms with Crippen LogP contribution in [0.3, 0.4) is 0 Å². The van der Waals surface area contributed by atoms with Gasteiger partial charge in [0.25, 0.3) is 0 Å². The molecule has 1 aliphatic rings. The van der Waals surface area contributed by atoms with E-state index >= 15 is 0 Å². The molecule has 0 saturated heterocycles. The van der Waals surface area contributed by atoms with Crippen LogP contribution in [0.5, 0.6) is 0 Å². The maximum atomic E-state index is 12.1. The van der Waals surface area contributed by atoms with Crippen LogP contribution in [-0.2, 0) is 6.54 Å². The number of hydrogen-bond acceptors (Lipinski definition) is 2. The Morgan fingerprint density at radius 3 is 2.47 bits per heavy atom. The van der Waals surface area contributed by atoms with Crippen LogP contribution in [0.25, 0.3) is 0 Å². The summed E-state index contributed by atoms with van der Waals surface area (Å²) in [4.78, 5) is 22.8. The molecule has 19 heavy (non-hydrogen) atoms. The molecule has 1 saturated carbocycles. The van der Waals surface area contributed by atoms with E-state index in [2.05, 4.69) is 0 Å². The van der Waals surface area contributed by atoms with Crippen LogP contribution in [0.15, 0.2) is 41.5 Å². The average Bonchev–Trinajstić information content (AvgIpc) is 3.17. The number of aromatic nitrogens is 2. The summed E-state index contributed by atoms with van der Waals surface area (Å²) in [5.41, 5.74) is 1.18. The molecule has 1 N–H and O–H groups in total. The monoisotopic (exact) mass is 258 g/mol. The van der Waals surface area contributed by atoms with Gasteiger partial charge in [0.15, 0.2) is 0 Å². The Hall–Kier alpha value is -2.30. The van der Waals surface area contributed by atoms with E-state index in [1.165, 1.54) is 0 Å². The van der Waals surface area contributed by atoms with Crippen LogP contribution in [0.1, 0.15) is 34.8 Å². The first-order valence-electron chi connectivity index (χ1n) is 6.24. The van der Waals surface area contributed by atoms with Gasteiger partial charge in [0.1, 0.15) is 0 Å². The third kappa shape index (κ3) is 2.31. The molecule has 3 rings (SSSR count).